The van der Waals surface area contributed by atoms with E-state index in [1.165, 1.54) is 0 Å². The van der Waals surface area contributed by atoms with Gasteiger partial charge in [-0.15, -0.1) is 0 Å². The van der Waals surface area contributed by atoms with Gasteiger partial charge in [0.05, 0.1) is 11.2 Å². The first kappa shape index (κ1) is 23.8. The van der Waals surface area contributed by atoms with E-state index in [-0.39, 0.29) is 24.0 Å². The number of fused-ring (bicyclic) bond motifs is 1. The molecule has 1 aromatic carbocycles. The minimum absolute atomic E-state index is 0.00852. The molecule has 0 saturated heterocycles. The van der Waals surface area contributed by atoms with Crippen LogP contribution >= 0.6 is 0 Å². The number of oxime groups is 1. The van der Waals surface area contributed by atoms with Crippen LogP contribution in [0.4, 0.5) is 0 Å². The summed E-state index contributed by atoms with van der Waals surface area (Å²) in [6, 6.07) is 11.7. The number of nitrogens with one attached hydrogen (secondary N) is 2. The summed E-state index contributed by atoms with van der Waals surface area (Å²) in [6.07, 6.45) is 6.25. The third kappa shape index (κ3) is 5.35. The summed E-state index contributed by atoms with van der Waals surface area (Å²) in [4.78, 5) is 43.3. The van der Waals surface area contributed by atoms with Gasteiger partial charge in [0.1, 0.15) is 23.3 Å². The molecule has 2 aliphatic rings. The summed E-state index contributed by atoms with van der Waals surface area (Å²) in [5.41, 5.74) is 3.55. The van der Waals surface area contributed by atoms with Gasteiger partial charge in [0.2, 0.25) is 5.91 Å². The Hall–Kier alpha value is -3.88. The Labute approximate surface area is 209 Å². The first-order valence-electron chi connectivity index (χ1n) is 12.4. The van der Waals surface area contributed by atoms with Gasteiger partial charge in [0, 0.05) is 37.5 Å². The molecule has 36 heavy (non-hydrogen) atoms. The molecule has 1 aliphatic carbocycles. The zero-order valence-electron chi connectivity index (χ0n) is 20.5. The first-order valence-corrected chi connectivity index (χ1v) is 12.4. The third-order valence-corrected chi connectivity index (χ3v) is 6.94. The molecule has 2 N–H and O–H groups in total. The summed E-state index contributed by atoms with van der Waals surface area (Å²) < 4.78 is 0. The fourth-order valence-corrected chi connectivity index (χ4v) is 5.13. The molecule has 0 radical (unpaired) electrons. The number of carbonyl (C=O) groups is 2. The minimum atomic E-state index is -0.269. The van der Waals surface area contributed by atoms with E-state index in [1.54, 1.807) is 26.1 Å². The van der Waals surface area contributed by atoms with E-state index in [0.29, 0.717) is 36.1 Å². The second kappa shape index (κ2) is 10.4. The third-order valence-electron chi connectivity index (χ3n) is 6.94. The number of nitrogens with zero attached hydrogens (tertiary/aromatic N) is 4. The Bertz CT molecular complexity index is 1310. The van der Waals surface area contributed by atoms with Crippen molar-refractivity contribution in [2.75, 3.05) is 0 Å². The molecule has 1 unspecified atom stereocenters. The Kier molecular flexibility index (Phi) is 6.88. The summed E-state index contributed by atoms with van der Waals surface area (Å²) >= 11 is 0. The van der Waals surface area contributed by atoms with Crippen molar-refractivity contribution in [3.05, 3.63) is 65.4 Å². The Morgan fingerprint density at radius 2 is 1.89 bits per heavy atom. The number of carbonyl (C=O) groups excluding carboxylic acids is 2. The number of hydrogen-bond donors (Lipinski definition) is 2. The van der Waals surface area contributed by atoms with E-state index in [1.807, 2.05) is 30.3 Å². The minimum Gasteiger partial charge on any atom is -0.391 e. The maximum atomic E-state index is 13.0. The first-order chi connectivity index (χ1) is 17.5. The molecule has 9 heteroatoms. The number of pyridine rings is 1. The largest absolute Gasteiger partial charge is 0.391 e. The topological polar surface area (TPSA) is 118 Å². The molecule has 3 heterocycles. The van der Waals surface area contributed by atoms with E-state index >= 15 is 0 Å². The highest BCUT2D eigenvalue weighted by Gasteiger charge is 2.34. The fraction of sp³-hybridized carbons (Fsp3) is 0.407. The fourth-order valence-electron chi connectivity index (χ4n) is 5.13. The van der Waals surface area contributed by atoms with Crippen LogP contribution in [0, 0.1) is 12.8 Å². The lowest BCUT2D eigenvalue weighted by Gasteiger charge is -2.31. The van der Waals surface area contributed by atoms with Gasteiger partial charge in [-0.2, -0.15) is 0 Å². The van der Waals surface area contributed by atoms with Gasteiger partial charge in [-0.1, -0.05) is 23.4 Å². The van der Waals surface area contributed by atoms with Crippen LogP contribution in [-0.2, 0) is 16.2 Å². The van der Waals surface area contributed by atoms with Crippen LogP contribution in [-0.4, -0.2) is 44.6 Å². The van der Waals surface area contributed by atoms with Crippen molar-refractivity contribution in [1.82, 2.24) is 25.6 Å². The van der Waals surface area contributed by atoms with Crippen molar-refractivity contribution in [3.63, 3.8) is 0 Å². The predicted molar refractivity (Wildman–Crippen MR) is 135 cm³/mol. The van der Waals surface area contributed by atoms with Crippen molar-refractivity contribution >= 4 is 28.4 Å². The van der Waals surface area contributed by atoms with Gasteiger partial charge in [-0.05, 0) is 62.3 Å². The molecule has 1 aliphatic heterocycles. The molecule has 186 valence electrons. The van der Waals surface area contributed by atoms with E-state index in [9.17, 15) is 9.59 Å². The smallest absolute Gasteiger partial charge is 0.270 e. The monoisotopic (exact) mass is 486 g/mol. The lowest BCUT2D eigenvalue weighted by molar-refractivity contribution is -0.120. The summed E-state index contributed by atoms with van der Waals surface area (Å²) in [7, 11) is 0. The van der Waals surface area contributed by atoms with Gasteiger partial charge in [-0.3, -0.25) is 14.6 Å². The second-order valence-electron chi connectivity index (χ2n) is 9.55. The Morgan fingerprint density at radius 1 is 1.08 bits per heavy atom. The number of benzene rings is 1. The zero-order valence-corrected chi connectivity index (χ0v) is 20.5. The molecule has 1 fully saturated rings. The molecule has 0 bridgehead atoms. The number of aryl methyl sites for hydroxylation is 1. The van der Waals surface area contributed by atoms with Gasteiger partial charge >= 0.3 is 0 Å². The van der Waals surface area contributed by atoms with Crippen LogP contribution in [0.15, 0.2) is 47.8 Å². The van der Waals surface area contributed by atoms with Crippen molar-refractivity contribution in [3.8, 4) is 0 Å². The molecule has 5 rings (SSSR count). The molecule has 1 saturated carbocycles. The standard InChI is InChI=1S/C27H30N6O3/c1-16-30-23(24-14-26(36-33-24)18-7-9-20(10-8-18)32-17(2)34)13-25(31-16)27(35)29-15-19-11-12-28-22-6-4-3-5-21(19)22/h3-6,11-13,18,20,26H,7-10,14-15H2,1-2H3,(H,29,35)(H,32,34)/t18-,20-,26?. The second-order valence-corrected chi connectivity index (χ2v) is 9.55. The van der Waals surface area contributed by atoms with Crippen LogP contribution in [0.25, 0.3) is 10.9 Å². The average molecular weight is 487 g/mol. The number of rotatable bonds is 6. The van der Waals surface area contributed by atoms with Crippen LogP contribution in [0.2, 0.25) is 0 Å². The summed E-state index contributed by atoms with van der Waals surface area (Å²) in [5.74, 6) is 0.649. The number of para-hydroxylation sites is 1. The van der Waals surface area contributed by atoms with Crippen molar-refractivity contribution in [2.24, 2.45) is 11.1 Å². The van der Waals surface area contributed by atoms with Gasteiger partial charge in [0.25, 0.3) is 5.91 Å². The highest BCUT2D eigenvalue weighted by molar-refractivity contribution is 6.02. The summed E-state index contributed by atoms with van der Waals surface area (Å²) in [5, 5.41) is 11.3. The highest BCUT2D eigenvalue weighted by atomic mass is 16.6. The SMILES string of the molecule is CC(=O)N[C@H]1CC[C@H](C2CC(c3cc(C(=O)NCc4ccnc5ccccc45)nc(C)n3)=NO2)CC1. The lowest BCUT2D eigenvalue weighted by atomic mass is 9.81. The molecule has 2 amide bonds. The van der Waals surface area contributed by atoms with Crippen molar-refractivity contribution in [1.29, 1.82) is 0 Å². The maximum Gasteiger partial charge on any atom is 0.270 e. The molecule has 1 atom stereocenters. The lowest BCUT2D eigenvalue weighted by Crippen LogP contribution is -2.38. The van der Waals surface area contributed by atoms with E-state index < -0.39 is 0 Å². The van der Waals surface area contributed by atoms with Crippen molar-refractivity contribution < 1.29 is 14.4 Å². The average Bonchev–Trinajstić information content (AvgIpc) is 3.37. The van der Waals surface area contributed by atoms with Crippen molar-refractivity contribution in [2.45, 2.75) is 64.6 Å². The van der Waals surface area contributed by atoms with E-state index in [4.69, 9.17) is 4.84 Å². The number of amides is 2. The van der Waals surface area contributed by atoms with Gasteiger partial charge in [-0.25, -0.2) is 9.97 Å². The van der Waals surface area contributed by atoms with Crippen LogP contribution in [0.1, 0.15) is 66.6 Å². The van der Waals surface area contributed by atoms with Gasteiger partial charge < -0.3 is 15.5 Å². The molecular weight excluding hydrogens is 456 g/mol. The molecule has 0 spiro atoms. The quantitative estimate of drug-likeness (QED) is 0.551. The summed E-state index contributed by atoms with van der Waals surface area (Å²) in [6.45, 7) is 3.70. The van der Waals surface area contributed by atoms with Crippen LogP contribution in [0.3, 0.4) is 0 Å². The Balaban J connectivity index is 1.22. The van der Waals surface area contributed by atoms with E-state index in [2.05, 4.69) is 30.7 Å². The number of aromatic nitrogens is 3. The molecule has 9 nitrogen and oxygen atoms in total. The van der Waals surface area contributed by atoms with E-state index in [0.717, 1.165) is 47.9 Å². The predicted octanol–water partition coefficient (Wildman–Crippen LogP) is 3.45. The highest BCUT2D eigenvalue weighted by Crippen LogP contribution is 2.33. The normalized spacial score (nSPS) is 21.5. The van der Waals surface area contributed by atoms with Crippen LogP contribution in [0.5, 0.6) is 0 Å². The zero-order chi connectivity index (χ0) is 25.1. The maximum absolute atomic E-state index is 13.0. The molecular formula is C27H30N6O3. The van der Waals surface area contributed by atoms with Crippen LogP contribution < -0.4 is 10.6 Å². The molecule has 2 aromatic heterocycles. The molecule has 3 aromatic rings. The number of hydrogen-bond acceptors (Lipinski definition) is 7. The van der Waals surface area contributed by atoms with Gasteiger partial charge in [0.15, 0.2) is 0 Å². The Morgan fingerprint density at radius 3 is 2.69 bits per heavy atom.